The van der Waals surface area contributed by atoms with E-state index in [2.05, 4.69) is 601 Å². The fourth-order valence-electron chi connectivity index (χ4n) is 22.1. The predicted molar refractivity (Wildman–Crippen MR) is 601 cm³/mol. The summed E-state index contributed by atoms with van der Waals surface area (Å²) in [6.07, 6.45) is 0. The highest BCUT2D eigenvalue weighted by Crippen LogP contribution is 2.61. The predicted octanol–water partition coefficient (Wildman–Crippen LogP) is 38.5. The minimum absolute atomic E-state index is 0.00490. The van der Waals surface area contributed by atoms with E-state index in [0.717, 1.165) is 51.2 Å². The molecule has 686 valence electrons. The third-order valence-corrected chi connectivity index (χ3v) is 31.8. The zero-order valence-corrected chi connectivity index (χ0v) is 82.8. The maximum atomic E-state index is 2.44. The van der Waals surface area contributed by atoms with E-state index in [4.69, 9.17) is 0 Å². The highest BCUT2D eigenvalue weighted by molar-refractivity contribution is 5.96. The molecular formula is C138H119N3. The van der Waals surface area contributed by atoms with Crippen molar-refractivity contribution in [2.45, 2.75) is 116 Å². The lowest BCUT2D eigenvalue weighted by molar-refractivity contribution is 0.299. The zero-order chi connectivity index (χ0) is 96.8. The van der Waals surface area contributed by atoms with Gasteiger partial charge in [0.1, 0.15) is 0 Å². The van der Waals surface area contributed by atoms with Crippen LogP contribution in [0, 0.1) is 0 Å². The first-order valence-corrected chi connectivity index (χ1v) is 49.8. The van der Waals surface area contributed by atoms with Crippen molar-refractivity contribution < 1.29 is 0 Å². The summed E-state index contributed by atoms with van der Waals surface area (Å²) >= 11 is 0. The molecule has 0 bridgehead atoms. The Balaban J connectivity index is 0.000000126. The van der Waals surface area contributed by atoms with Gasteiger partial charge >= 0.3 is 0 Å². The first-order chi connectivity index (χ1) is 68.5. The van der Waals surface area contributed by atoms with E-state index in [-0.39, 0.29) is 32.5 Å². The molecule has 0 N–H and O–H groups in total. The molecular weight excluding hydrogens is 1700 g/mol. The highest BCUT2D eigenvalue weighted by Gasteiger charge is 2.50. The lowest BCUT2D eigenvalue weighted by Crippen LogP contribution is -2.44. The van der Waals surface area contributed by atoms with E-state index in [0.29, 0.717) is 0 Å². The minimum Gasteiger partial charge on any atom is -0.310 e. The van der Waals surface area contributed by atoms with Gasteiger partial charge in [0.25, 0.3) is 0 Å². The molecule has 20 aromatic carbocycles. The Morgan fingerprint density at radius 3 is 0.752 bits per heavy atom. The molecule has 0 unspecified atom stereocenters. The monoisotopic (exact) mass is 1820 g/mol. The summed E-state index contributed by atoms with van der Waals surface area (Å²) in [5, 5.41) is 0. The SMILES string of the molecule is CC1(C)c2cc(-c3ccccc3)ccc2-c2c(-c3cccc(N(c4ccccc4)c4cccc(-c5ccccc5)c4)c3)cccc2C1(C)C.CC1(C)c2ccc(-c3cccc(N(c4ccccc4)c4cccc(-c5ccccc5)c4)c3)cc2-c2cccc(-c3ccccc3)c2C1(C)C.CC1(C)c2ccccc2-c2cc(-c3cccc(N(c4ccccc4)c4cccc(-c5ccccc5)c4)c3)ccc2C1(C)C. The van der Waals surface area contributed by atoms with Gasteiger partial charge in [-0.1, -0.05) is 459 Å². The second-order valence-electron chi connectivity index (χ2n) is 41.2. The molecule has 0 saturated carbocycles. The molecule has 0 atom stereocenters. The summed E-state index contributed by atoms with van der Waals surface area (Å²) in [7, 11) is 0. The van der Waals surface area contributed by atoms with Crippen LogP contribution in [0.5, 0.6) is 0 Å². The Labute approximate surface area is 834 Å². The average Bonchev–Trinajstić information content (AvgIpc) is 0.711. The van der Waals surface area contributed by atoms with Crippen LogP contribution in [0.2, 0.25) is 0 Å². The van der Waals surface area contributed by atoms with E-state index < -0.39 is 0 Å². The topological polar surface area (TPSA) is 9.72 Å². The van der Waals surface area contributed by atoms with Gasteiger partial charge < -0.3 is 14.7 Å². The second kappa shape index (κ2) is 37.6. The fraction of sp³-hybridized carbons (Fsp3) is 0.130. The first kappa shape index (κ1) is 91.2. The lowest BCUT2D eigenvalue weighted by Gasteiger charge is -2.49. The molecule has 0 fully saturated rings. The van der Waals surface area contributed by atoms with E-state index >= 15 is 0 Å². The van der Waals surface area contributed by atoms with Crippen LogP contribution in [0.25, 0.3) is 122 Å². The minimum atomic E-state index is -0.0911. The van der Waals surface area contributed by atoms with Gasteiger partial charge in [0.15, 0.2) is 0 Å². The van der Waals surface area contributed by atoms with E-state index in [1.54, 1.807) is 0 Å². The van der Waals surface area contributed by atoms with Gasteiger partial charge in [-0.3, -0.25) is 0 Å². The fourth-order valence-corrected chi connectivity index (χ4v) is 22.1. The molecule has 3 nitrogen and oxygen atoms in total. The van der Waals surface area contributed by atoms with Crippen molar-refractivity contribution in [2.75, 3.05) is 14.7 Å². The molecule has 0 spiro atoms. The summed E-state index contributed by atoms with van der Waals surface area (Å²) in [5.74, 6) is 0. The molecule has 0 aromatic heterocycles. The molecule has 3 aliphatic rings. The summed E-state index contributed by atoms with van der Waals surface area (Å²) in [4.78, 5) is 7.09. The number of fused-ring (bicyclic) bond motifs is 9. The van der Waals surface area contributed by atoms with Crippen LogP contribution >= 0.6 is 0 Å². The van der Waals surface area contributed by atoms with Crippen molar-refractivity contribution in [2.24, 2.45) is 0 Å². The van der Waals surface area contributed by atoms with Gasteiger partial charge in [-0.15, -0.1) is 0 Å². The number of para-hydroxylation sites is 3. The summed E-state index contributed by atoms with van der Waals surface area (Å²) in [5.41, 5.74) is 46.1. The molecule has 0 heterocycles. The number of benzene rings is 20. The Bertz CT molecular complexity index is 7930. The Kier molecular flexibility index (Phi) is 24.3. The Hall–Kier alpha value is -16.2. The Morgan fingerprint density at radius 1 is 0.121 bits per heavy atom. The highest BCUT2D eigenvalue weighted by atomic mass is 15.2. The lowest BCUT2D eigenvalue weighted by atomic mass is 9.54. The van der Waals surface area contributed by atoms with Gasteiger partial charge in [-0.2, -0.15) is 0 Å². The molecule has 3 heteroatoms. The van der Waals surface area contributed by atoms with Crippen LogP contribution in [-0.2, 0) is 32.5 Å². The van der Waals surface area contributed by atoms with Crippen LogP contribution in [0.4, 0.5) is 51.2 Å². The molecule has 141 heavy (non-hydrogen) atoms. The third-order valence-electron chi connectivity index (χ3n) is 31.8. The average molecular weight is 1820 g/mol. The number of nitrogens with zero attached hydrogens (tertiary/aromatic N) is 3. The first-order valence-electron chi connectivity index (χ1n) is 49.8. The van der Waals surface area contributed by atoms with Crippen molar-refractivity contribution in [3.8, 4) is 122 Å². The largest absolute Gasteiger partial charge is 0.310 e. The maximum absolute atomic E-state index is 2.44. The molecule has 20 aromatic rings. The van der Waals surface area contributed by atoms with E-state index in [1.165, 1.54) is 156 Å². The normalized spacial score (nSPS) is 14.2. The van der Waals surface area contributed by atoms with Crippen molar-refractivity contribution >= 4 is 51.2 Å². The smallest absolute Gasteiger partial charge is 0.0467 e. The summed E-state index contributed by atoms with van der Waals surface area (Å²) < 4.78 is 0. The second-order valence-corrected chi connectivity index (χ2v) is 41.2. The summed E-state index contributed by atoms with van der Waals surface area (Å²) in [6, 6.07) is 183. The van der Waals surface area contributed by atoms with Gasteiger partial charge in [-0.05, 0) is 310 Å². The van der Waals surface area contributed by atoms with Gasteiger partial charge in [0.2, 0.25) is 0 Å². The Morgan fingerprint density at radius 2 is 0.355 bits per heavy atom. The third kappa shape index (κ3) is 17.0. The number of rotatable bonds is 17. The van der Waals surface area contributed by atoms with E-state index in [9.17, 15) is 0 Å². The van der Waals surface area contributed by atoms with Crippen molar-refractivity contribution in [3.63, 3.8) is 0 Å². The van der Waals surface area contributed by atoms with Gasteiger partial charge in [0.05, 0.1) is 0 Å². The van der Waals surface area contributed by atoms with Crippen LogP contribution in [-0.4, -0.2) is 0 Å². The molecule has 0 aliphatic heterocycles. The molecule has 0 radical (unpaired) electrons. The maximum Gasteiger partial charge on any atom is 0.0467 e. The zero-order valence-electron chi connectivity index (χ0n) is 82.8. The van der Waals surface area contributed by atoms with Crippen molar-refractivity contribution in [1.29, 1.82) is 0 Å². The molecule has 0 amide bonds. The quantitative estimate of drug-likeness (QED) is 0.0900. The number of hydrogen-bond acceptors (Lipinski definition) is 3. The molecule has 3 aliphatic carbocycles. The van der Waals surface area contributed by atoms with Crippen molar-refractivity contribution in [1.82, 2.24) is 0 Å². The number of anilines is 9. The van der Waals surface area contributed by atoms with Crippen LogP contribution in [0.1, 0.15) is 116 Å². The summed E-state index contributed by atoms with van der Waals surface area (Å²) in [6.45, 7) is 28.9. The van der Waals surface area contributed by atoms with Crippen molar-refractivity contribution in [3.05, 3.63) is 537 Å². The van der Waals surface area contributed by atoms with Gasteiger partial charge in [0, 0.05) is 56.6 Å². The van der Waals surface area contributed by atoms with Crippen LogP contribution < -0.4 is 14.7 Å². The van der Waals surface area contributed by atoms with E-state index in [1.807, 2.05) is 0 Å². The van der Waals surface area contributed by atoms with Gasteiger partial charge in [-0.25, -0.2) is 0 Å². The van der Waals surface area contributed by atoms with Crippen LogP contribution in [0.3, 0.4) is 0 Å². The standard InChI is InChI=1S/2C48H41N.C42H37N/c1-47(2)44-28-16-27-42(46(44)43-30-29-37(33-45(43)48(47,3)4)35-19-10-6-11-20-35)38-22-15-26-41(32-38)49(39-23-12-7-13-24-39)40-25-14-21-36(31-40)34-17-8-5-9-18-34;1-47(2)45-30-29-38(33-44(45)43-28-16-27-42(46(43)48(47,3)4)35-19-10-6-11-20-35)37-22-15-26-41(32-37)49(39-23-12-7-13-24-39)40-25-14-21-36(31-40)34-17-8-5-9-18-34;1-41(2)39-24-12-11-23-37(39)38-29-33(25-26-40(38)42(41,3)4)32-18-14-22-36(28-32)43(34-19-9-6-10-20-34)35-21-13-17-31(27-35)30-15-7-5-8-16-30/h2*5-33H,1-4H3;5-29H,1-4H3. The molecule has 0 saturated heterocycles. The van der Waals surface area contributed by atoms with Crippen LogP contribution in [0.15, 0.2) is 504 Å². The number of hydrogen-bond donors (Lipinski definition) is 0. The molecule has 23 rings (SSSR count).